The molecule has 1 saturated heterocycles. The van der Waals surface area contributed by atoms with Crippen molar-refractivity contribution in [3.8, 4) is 11.5 Å². The second-order valence-electron chi connectivity index (χ2n) is 7.05. The summed E-state index contributed by atoms with van der Waals surface area (Å²) in [6, 6.07) is 15.7. The van der Waals surface area contributed by atoms with Crippen molar-refractivity contribution in [2.75, 3.05) is 13.1 Å². The first kappa shape index (κ1) is 16.7. The molecule has 140 valence electrons. The summed E-state index contributed by atoms with van der Waals surface area (Å²) in [7, 11) is 0. The number of aromatic nitrogens is 2. The number of nitrogens with zero attached hydrogens (tertiary/aromatic N) is 3. The molecule has 1 amide bonds. The Kier molecular flexibility index (Phi) is 4.16. The molecule has 1 aliphatic heterocycles. The predicted octanol–water partition coefficient (Wildman–Crippen LogP) is 4.50. The van der Waals surface area contributed by atoms with Crippen LogP contribution in [0.15, 0.2) is 69.9 Å². The second-order valence-corrected chi connectivity index (χ2v) is 7.05. The average molecular weight is 373 g/mol. The Labute approximate surface area is 161 Å². The van der Waals surface area contributed by atoms with Crippen LogP contribution >= 0.6 is 0 Å². The zero-order valence-corrected chi connectivity index (χ0v) is 15.2. The lowest BCUT2D eigenvalue weighted by molar-refractivity contribution is 0.0708. The highest BCUT2D eigenvalue weighted by Crippen LogP contribution is 2.30. The predicted molar refractivity (Wildman–Crippen MR) is 104 cm³/mol. The molecular weight excluding hydrogens is 354 g/mol. The zero-order chi connectivity index (χ0) is 18.9. The van der Waals surface area contributed by atoms with Crippen molar-refractivity contribution in [2.45, 2.75) is 18.8 Å². The molecule has 0 spiro atoms. The lowest BCUT2D eigenvalue weighted by atomic mass is 9.95. The molecule has 1 aliphatic rings. The third kappa shape index (κ3) is 2.97. The van der Waals surface area contributed by atoms with Gasteiger partial charge in [-0.3, -0.25) is 4.79 Å². The number of hydrogen-bond donors (Lipinski definition) is 0. The van der Waals surface area contributed by atoms with Crippen molar-refractivity contribution in [1.29, 1.82) is 0 Å². The SMILES string of the molecule is O=C(c1cccc2ccccc12)N1CCC(c2nnc(-c3ccoc3)o2)CC1. The fourth-order valence-electron chi connectivity index (χ4n) is 3.81. The quantitative estimate of drug-likeness (QED) is 0.529. The molecule has 0 N–H and O–H groups in total. The Morgan fingerprint density at radius 1 is 1.00 bits per heavy atom. The zero-order valence-electron chi connectivity index (χ0n) is 15.2. The number of fused-ring (bicyclic) bond motifs is 1. The number of furan rings is 1. The molecular formula is C22H19N3O3. The van der Waals surface area contributed by atoms with E-state index in [1.807, 2.05) is 47.4 Å². The van der Waals surface area contributed by atoms with E-state index in [0.717, 1.165) is 34.7 Å². The fourth-order valence-corrected chi connectivity index (χ4v) is 3.81. The Bertz CT molecular complexity index is 1100. The van der Waals surface area contributed by atoms with Crippen molar-refractivity contribution >= 4 is 16.7 Å². The molecule has 6 nitrogen and oxygen atoms in total. The largest absolute Gasteiger partial charge is 0.472 e. The molecule has 0 atom stereocenters. The van der Waals surface area contributed by atoms with Gasteiger partial charge in [0.05, 0.1) is 11.8 Å². The van der Waals surface area contributed by atoms with E-state index in [2.05, 4.69) is 10.2 Å². The van der Waals surface area contributed by atoms with E-state index >= 15 is 0 Å². The van der Waals surface area contributed by atoms with Gasteiger partial charge in [0.2, 0.25) is 5.89 Å². The van der Waals surface area contributed by atoms with Gasteiger partial charge in [0.1, 0.15) is 6.26 Å². The number of rotatable bonds is 3. The van der Waals surface area contributed by atoms with Crippen molar-refractivity contribution in [1.82, 2.24) is 15.1 Å². The van der Waals surface area contributed by atoms with Gasteiger partial charge in [0.25, 0.3) is 11.8 Å². The first-order valence-corrected chi connectivity index (χ1v) is 9.42. The van der Waals surface area contributed by atoms with Crippen molar-refractivity contribution in [2.24, 2.45) is 0 Å². The molecule has 3 heterocycles. The van der Waals surface area contributed by atoms with Crippen LogP contribution < -0.4 is 0 Å². The molecule has 0 saturated carbocycles. The number of likely N-dealkylation sites (tertiary alicyclic amines) is 1. The summed E-state index contributed by atoms with van der Waals surface area (Å²) < 4.78 is 10.9. The minimum absolute atomic E-state index is 0.0832. The molecule has 28 heavy (non-hydrogen) atoms. The number of benzene rings is 2. The van der Waals surface area contributed by atoms with Gasteiger partial charge in [-0.2, -0.15) is 0 Å². The lowest BCUT2D eigenvalue weighted by Gasteiger charge is -2.30. The first-order chi connectivity index (χ1) is 13.8. The number of piperidine rings is 1. The van der Waals surface area contributed by atoms with Gasteiger partial charge < -0.3 is 13.7 Å². The molecule has 1 fully saturated rings. The van der Waals surface area contributed by atoms with Crippen LogP contribution in [0.1, 0.15) is 35.0 Å². The molecule has 0 aliphatic carbocycles. The molecule has 0 bridgehead atoms. The minimum Gasteiger partial charge on any atom is -0.472 e. The third-order valence-electron chi connectivity index (χ3n) is 5.36. The maximum atomic E-state index is 13.1. The highest BCUT2D eigenvalue weighted by atomic mass is 16.4. The van der Waals surface area contributed by atoms with Gasteiger partial charge in [0, 0.05) is 24.6 Å². The monoisotopic (exact) mass is 373 g/mol. The van der Waals surface area contributed by atoms with Gasteiger partial charge in [-0.05, 0) is 35.7 Å². The van der Waals surface area contributed by atoms with E-state index in [1.54, 1.807) is 18.6 Å². The van der Waals surface area contributed by atoms with Gasteiger partial charge in [0.15, 0.2) is 0 Å². The van der Waals surface area contributed by atoms with Crippen LogP contribution in [0.5, 0.6) is 0 Å². The second kappa shape index (κ2) is 6.96. The average Bonchev–Trinajstić information content (AvgIpc) is 3.45. The van der Waals surface area contributed by atoms with Crippen LogP contribution in [0.4, 0.5) is 0 Å². The number of carbonyl (C=O) groups excluding carboxylic acids is 1. The topological polar surface area (TPSA) is 72.4 Å². The standard InChI is InChI=1S/C22H19N3O3/c26-22(19-7-3-5-15-4-1-2-6-18(15)19)25-11-8-16(9-12-25)20-23-24-21(28-20)17-10-13-27-14-17/h1-7,10,13-14,16H,8-9,11-12H2. The molecule has 0 radical (unpaired) electrons. The molecule has 6 heteroatoms. The summed E-state index contributed by atoms with van der Waals surface area (Å²) in [5, 5.41) is 10.4. The number of hydrogen-bond acceptors (Lipinski definition) is 5. The van der Waals surface area contributed by atoms with E-state index < -0.39 is 0 Å². The summed E-state index contributed by atoms with van der Waals surface area (Å²) in [5.41, 5.74) is 1.54. The summed E-state index contributed by atoms with van der Waals surface area (Å²) in [6.45, 7) is 1.35. The Morgan fingerprint density at radius 3 is 2.64 bits per heavy atom. The van der Waals surface area contributed by atoms with Crippen LogP contribution in [0.3, 0.4) is 0 Å². The Morgan fingerprint density at radius 2 is 1.82 bits per heavy atom. The van der Waals surface area contributed by atoms with Gasteiger partial charge >= 0.3 is 0 Å². The van der Waals surface area contributed by atoms with E-state index in [-0.39, 0.29) is 11.8 Å². The van der Waals surface area contributed by atoms with Crippen molar-refractivity contribution in [3.63, 3.8) is 0 Å². The van der Waals surface area contributed by atoms with Crippen LogP contribution in [0, 0.1) is 0 Å². The smallest absolute Gasteiger partial charge is 0.254 e. The van der Waals surface area contributed by atoms with Crippen molar-refractivity contribution < 1.29 is 13.6 Å². The molecule has 2 aromatic heterocycles. The molecule has 0 unspecified atom stereocenters. The minimum atomic E-state index is 0.0832. The number of carbonyl (C=O) groups is 1. The van der Waals surface area contributed by atoms with Crippen LogP contribution in [-0.2, 0) is 0 Å². The first-order valence-electron chi connectivity index (χ1n) is 9.42. The Hall–Kier alpha value is -3.41. The van der Waals surface area contributed by atoms with Gasteiger partial charge in [-0.15, -0.1) is 10.2 Å². The summed E-state index contributed by atoms with van der Waals surface area (Å²) in [4.78, 5) is 15.0. The number of amides is 1. The summed E-state index contributed by atoms with van der Waals surface area (Å²) in [6.07, 6.45) is 4.78. The highest BCUT2D eigenvalue weighted by Gasteiger charge is 2.28. The van der Waals surface area contributed by atoms with Crippen LogP contribution in [-0.4, -0.2) is 34.1 Å². The summed E-state index contributed by atoms with van der Waals surface area (Å²) in [5.74, 6) is 1.36. The van der Waals surface area contributed by atoms with E-state index in [4.69, 9.17) is 8.83 Å². The summed E-state index contributed by atoms with van der Waals surface area (Å²) >= 11 is 0. The van der Waals surface area contributed by atoms with Gasteiger partial charge in [-0.1, -0.05) is 36.4 Å². The molecule has 5 rings (SSSR count). The van der Waals surface area contributed by atoms with Crippen molar-refractivity contribution in [3.05, 3.63) is 72.5 Å². The normalized spacial score (nSPS) is 15.2. The maximum absolute atomic E-state index is 13.1. The molecule has 4 aromatic rings. The third-order valence-corrected chi connectivity index (χ3v) is 5.36. The van der Waals surface area contributed by atoms with Crippen LogP contribution in [0.2, 0.25) is 0 Å². The van der Waals surface area contributed by atoms with Crippen LogP contribution in [0.25, 0.3) is 22.2 Å². The lowest BCUT2D eigenvalue weighted by Crippen LogP contribution is -2.38. The van der Waals surface area contributed by atoms with E-state index in [9.17, 15) is 4.79 Å². The van der Waals surface area contributed by atoms with E-state index in [0.29, 0.717) is 24.9 Å². The molecule has 2 aromatic carbocycles. The van der Waals surface area contributed by atoms with E-state index in [1.165, 1.54) is 0 Å². The maximum Gasteiger partial charge on any atom is 0.254 e. The highest BCUT2D eigenvalue weighted by molar-refractivity contribution is 6.07. The fraction of sp³-hybridized carbons (Fsp3) is 0.227. The van der Waals surface area contributed by atoms with Gasteiger partial charge in [-0.25, -0.2) is 0 Å². The Balaban J connectivity index is 1.30.